The Morgan fingerprint density at radius 2 is 1.79 bits per heavy atom. The third-order valence-corrected chi connectivity index (χ3v) is 6.61. The number of hydrogen-bond donors (Lipinski definition) is 1. The molecule has 10 heteroatoms. The molecule has 1 N–H and O–H groups in total. The molecular weight excluding hydrogens is 380 g/mol. The van der Waals surface area contributed by atoms with E-state index in [0.29, 0.717) is 24.6 Å². The van der Waals surface area contributed by atoms with E-state index in [0.717, 1.165) is 25.0 Å². The van der Waals surface area contributed by atoms with Gasteiger partial charge in [0.15, 0.2) is 0 Å². The second-order valence-corrected chi connectivity index (χ2v) is 8.61. The fourth-order valence-electron chi connectivity index (χ4n) is 3.15. The lowest BCUT2D eigenvalue weighted by molar-refractivity contribution is 0.101. The fourth-order valence-corrected chi connectivity index (χ4v) is 4.67. The van der Waals surface area contributed by atoms with Gasteiger partial charge in [-0.05, 0) is 50.1 Å². The summed E-state index contributed by atoms with van der Waals surface area (Å²) < 4.78 is 28.4. The molecule has 3 heterocycles. The number of nitrogens with zero attached hydrogens (tertiary/aromatic N) is 5. The molecule has 0 aliphatic carbocycles. The van der Waals surface area contributed by atoms with Crippen LogP contribution in [-0.2, 0) is 10.0 Å². The number of aryl methyl sites for hydroxylation is 1. The van der Waals surface area contributed by atoms with E-state index < -0.39 is 15.9 Å². The van der Waals surface area contributed by atoms with Crippen molar-refractivity contribution in [2.75, 3.05) is 18.4 Å². The molecular formula is C18H20N6O3S. The second-order valence-electron chi connectivity index (χ2n) is 6.68. The van der Waals surface area contributed by atoms with E-state index in [4.69, 9.17) is 0 Å². The van der Waals surface area contributed by atoms with Crippen LogP contribution >= 0.6 is 0 Å². The topological polar surface area (TPSA) is 110 Å². The molecule has 0 saturated carbocycles. The zero-order valence-electron chi connectivity index (χ0n) is 15.4. The summed E-state index contributed by atoms with van der Waals surface area (Å²) in [6.07, 6.45) is 4.42. The Bertz CT molecular complexity index is 1120. The predicted octanol–water partition coefficient (Wildman–Crippen LogP) is 1.86. The predicted molar refractivity (Wildman–Crippen MR) is 103 cm³/mol. The first kappa shape index (κ1) is 18.5. The molecule has 0 unspecified atom stereocenters. The summed E-state index contributed by atoms with van der Waals surface area (Å²) in [6.45, 7) is 2.94. The first-order valence-electron chi connectivity index (χ1n) is 9.05. The van der Waals surface area contributed by atoms with Crippen molar-refractivity contribution in [3.05, 3.63) is 48.0 Å². The smallest absolute Gasteiger partial charge is 0.295 e. The van der Waals surface area contributed by atoms with Crippen molar-refractivity contribution in [1.29, 1.82) is 0 Å². The number of benzene rings is 1. The van der Waals surface area contributed by atoms with Crippen LogP contribution < -0.4 is 5.32 Å². The Kier molecular flexibility index (Phi) is 4.82. The van der Waals surface area contributed by atoms with Gasteiger partial charge >= 0.3 is 0 Å². The van der Waals surface area contributed by atoms with Crippen LogP contribution in [0.2, 0.25) is 0 Å². The number of carbonyl (C=O) groups is 1. The number of amides is 1. The van der Waals surface area contributed by atoms with Crippen LogP contribution in [0.4, 0.5) is 5.69 Å². The molecule has 0 spiro atoms. The summed E-state index contributed by atoms with van der Waals surface area (Å²) in [5.41, 5.74) is 1.27. The van der Waals surface area contributed by atoms with Gasteiger partial charge in [-0.1, -0.05) is 6.42 Å². The van der Waals surface area contributed by atoms with Gasteiger partial charge in [-0.2, -0.15) is 9.29 Å². The highest BCUT2D eigenvalue weighted by atomic mass is 32.2. The first-order chi connectivity index (χ1) is 13.4. The second kappa shape index (κ2) is 7.28. The van der Waals surface area contributed by atoms with Crippen molar-refractivity contribution < 1.29 is 13.2 Å². The van der Waals surface area contributed by atoms with Crippen molar-refractivity contribution in [2.24, 2.45) is 0 Å². The zero-order valence-corrected chi connectivity index (χ0v) is 16.2. The number of sulfonamides is 1. The maximum atomic E-state index is 12.7. The van der Waals surface area contributed by atoms with E-state index in [-0.39, 0.29) is 10.7 Å². The van der Waals surface area contributed by atoms with Crippen molar-refractivity contribution >= 4 is 27.4 Å². The van der Waals surface area contributed by atoms with Crippen LogP contribution in [0.15, 0.2) is 41.4 Å². The first-order valence-corrected chi connectivity index (χ1v) is 10.5. The van der Waals surface area contributed by atoms with Crippen LogP contribution in [0, 0.1) is 6.92 Å². The Morgan fingerprint density at radius 3 is 2.46 bits per heavy atom. The van der Waals surface area contributed by atoms with E-state index >= 15 is 0 Å². The highest BCUT2D eigenvalue weighted by Crippen LogP contribution is 2.22. The monoisotopic (exact) mass is 400 g/mol. The van der Waals surface area contributed by atoms with Crippen molar-refractivity contribution in [3.8, 4) is 0 Å². The minimum atomic E-state index is -3.50. The van der Waals surface area contributed by atoms with Gasteiger partial charge in [-0.3, -0.25) is 4.79 Å². The third kappa shape index (κ3) is 3.48. The van der Waals surface area contributed by atoms with E-state index in [1.54, 1.807) is 24.4 Å². The molecule has 0 radical (unpaired) electrons. The lowest BCUT2D eigenvalue weighted by Gasteiger charge is -2.25. The van der Waals surface area contributed by atoms with Gasteiger partial charge in [0.05, 0.1) is 4.90 Å². The maximum Gasteiger partial charge on any atom is 0.295 e. The maximum absolute atomic E-state index is 12.7. The van der Waals surface area contributed by atoms with Gasteiger partial charge in [0.25, 0.3) is 11.7 Å². The standard InChI is InChI=1S/C18H20N6O3S/c1-13-9-10-19-18-21-16(22-24(13)18)17(25)20-14-5-7-15(8-6-14)28(26,27)23-11-3-2-4-12-23/h5-10H,2-4,11-12H2,1H3,(H,20,25). The number of aromatic nitrogens is 4. The number of fused-ring (bicyclic) bond motifs is 1. The molecule has 1 saturated heterocycles. The van der Waals surface area contributed by atoms with Gasteiger partial charge in [0.1, 0.15) is 0 Å². The minimum absolute atomic E-state index is 0.00758. The molecule has 1 fully saturated rings. The van der Waals surface area contributed by atoms with Gasteiger partial charge in [-0.15, -0.1) is 5.10 Å². The summed E-state index contributed by atoms with van der Waals surface area (Å²) in [5.74, 6) is -0.156. The quantitative estimate of drug-likeness (QED) is 0.716. The summed E-state index contributed by atoms with van der Waals surface area (Å²) in [4.78, 5) is 20.8. The molecule has 1 aromatic carbocycles. The fraction of sp³-hybridized carbons (Fsp3) is 0.333. The number of piperidine rings is 1. The minimum Gasteiger partial charge on any atom is -0.319 e. The Labute approximate surface area is 162 Å². The molecule has 4 rings (SSSR count). The van der Waals surface area contributed by atoms with E-state index in [1.165, 1.54) is 21.0 Å². The molecule has 3 aromatic rings. The molecule has 9 nitrogen and oxygen atoms in total. The normalized spacial score (nSPS) is 15.6. The van der Waals surface area contributed by atoms with Crippen LogP contribution in [0.1, 0.15) is 35.6 Å². The van der Waals surface area contributed by atoms with Crippen LogP contribution in [0.3, 0.4) is 0 Å². The summed E-state index contributed by atoms with van der Waals surface area (Å²) in [7, 11) is -3.50. The number of anilines is 1. The van der Waals surface area contributed by atoms with Gasteiger partial charge < -0.3 is 5.32 Å². The molecule has 0 bridgehead atoms. The molecule has 146 valence electrons. The Hall–Kier alpha value is -2.85. The van der Waals surface area contributed by atoms with Gasteiger partial charge in [-0.25, -0.2) is 17.9 Å². The molecule has 1 aliphatic rings. The summed E-state index contributed by atoms with van der Waals surface area (Å²) in [5, 5.41) is 6.84. The number of nitrogens with one attached hydrogen (secondary N) is 1. The van der Waals surface area contributed by atoms with Crippen LogP contribution in [-0.4, -0.2) is 51.3 Å². The van der Waals surface area contributed by atoms with E-state index in [1.807, 2.05) is 6.92 Å². The van der Waals surface area contributed by atoms with Gasteiger partial charge in [0.2, 0.25) is 15.8 Å². The number of rotatable bonds is 4. The van der Waals surface area contributed by atoms with Crippen LogP contribution in [0.25, 0.3) is 5.78 Å². The highest BCUT2D eigenvalue weighted by Gasteiger charge is 2.25. The molecule has 1 amide bonds. The average molecular weight is 400 g/mol. The highest BCUT2D eigenvalue weighted by molar-refractivity contribution is 7.89. The summed E-state index contributed by atoms with van der Waals surface area (Å²) >= 11 is 0. The summed E-state index contributed by atoms with van der Waals surface area (Å²) in [6, 6.07) is 7.90. The molecule has 1 aliphatic heterocycles. The van der Waals surface area contributed by atoms with Crippen molar-refractivity contribution in [3.63, 3.8) is 0 Å². The molecule has 0 atom stereocenters. The average Bonchev–Trinajstić information content (AvgIpc) is 3.15. The SMILES string of the molecule is Cc1ccnc2nc(C(=O)Nc3ccc(S(=O)(=O)N4CCCCC4)cc3)nn12. The van der Waals surface area contributed by atoms with Crippen LogP contribution in [0.5, 0.6) is 0 Å². The lowest BCUT2D eigenvalue weighted by atomic mass is 10.2. The number of carbonyl (C=O) groups excluding carboxylic acids is 1. The van der Waals surface area contributed by atoms with Crippen molar-refractivity contribution in [1.82, 2.24) is 23.9 Å². The molecule has 2 aromatic heterocycles. The zero-order chi connectivity index (χ0) is 19.7. The van der Waals surface area contributed by atoms with E-state index in [9.17, 15) is 13.2 Å². The Balaban J connectivity index is 1.50. The van der Waals surface area contributed by atoms with Crippen molar-refractivity contribution in [2.45, 2.75) is 31.1 Å². The van der Waals surface area contributed by atoms with E-state index in [2.05, 4.69) is 20.4 Å². The third-order valence-electron chi connectivity index (χ3n) is 4.70. The molecule has 28 heavy (non-hydrogen) atoms. The number of hydrogen-bond acceptors (Lipinski definition) is 6. The van der Waals surface area contributed by atoms with Gasteiger partial charge in [0, 0.05) is 30.7 Å². The largest absolute Gasteiger partial charge is 0.319 e. The Morgan fingerprint density at radius 1 is 1.07 bits per heavy atom. The lowest BCUT2D eigenvalue weighted by Crippen LogP contribution is -2.35.